The molecule has 131 heavy (non-hydrogen) atoms. The van der Waals surface area contributed by atoms with E-state index in [1.54, 1.807) is 0 Å². The lowest BCUT2D eigenvalue weighted by Crippen LogP contribution is -2.48. The molecule has 784 valence electrons. The van der Waals surface area contributed by atoms with Crippen LogP contribution < -0.4 is 31.9 Å². The van der Waals surface area contributed by atoms with Crippen molar-refractivity contribution < 1.29 is 24.6 Å². The summed E-state index contributed by atoms with van der Waals surface area (Å²) < 4.78 is 0. The molecular formula is C117H241N9O5. The summed E-state index contributed by atoms with van der Waals surface area (Å²) in [4.78, 5) is 46.0. The van der Waals surface area contributed by atoms with E-state index >= 15 is 0 Å². The van der Waals surface area contributed by atoms with Crippen LogP contribution in [0.1, 0.15) is 607 Å². The van der Waals surface area contributed by atoms with Gasteiger partial charge in [0.15, 0.2) is 0 Å². The first-order chi connectivity index (χ1) is 64.6. The Bertz CT molecular complexity index is 2090. The van der Waals surface area contributed by atoms with Gasteiger partial charge in [-0.05, 0) is 123 Å². The number of nitrogens with one attached hydrogen (secondary N) is 6. The van der Waals surface area contributed by atoms with Crippen molar-refractivity contribution in [1.29, 1.82) is 0 Å². The highest BCUT2D eigenvalue weighted by molar-refractivity contribution is 5.81. The van der Waals surface area contributed by atoms with Crippen molar-refractivity contribution >= 4 is 17.7 Å². The molecule has 0 radical (unpaired) electrons. The molecule has 0 heterocycles. The van der Waals surface area contributed by atoms with E-state index in [1.165, 1.54) is 507 Å². The molecule has 0 spiro atoms. The number of carbonyl (C=O) groups is 3. The maximum atomic E-state index is 13.4. The number of rotatable bonds is 114. The highest BCUT2D eigenvalue weighted by Crippen LogP contribution is 2.21. The van der Waals surface area contributed by atoms with E-state index in [1.807, 2.05) is 4.90 Å². The van der Waals surface area contributed by atoms with Crippen LogP contribution in [0.15, 0.2) is 0 Å². The minimum atomic E-state index is -0.625. The van der Waals surface area contributed by atoms with Gasteiger partial charge in [-0.3, -0.25) is 19.3 Å². The predicted molar refractivity (Wildman–Crippen MR) is 580 cm³/mol. The maximum Gasteiger partial charge on any atom is 0.234 e. The van der Waals surface area contributed by atoms with Crippen molar-refractivity contribution in [3.63, 3.8) is 0 Å². The van der Waals surface area contributed by atoms with Gasteiger partial charge < -0.3 is 51.9 Å². The molecule has 0 bridgehead atoms. The molecule has 0 aliphatic heterocycles. The Labute approximate surface area is 821 Å². The number of nitrogens with zero attached hydrogens (tertiary/aromatic N) is 3. The molecule has 0 aliphatic rings. The predicted octanol–water partition coefficient (Wildman–Crippen LogP) is 31.8. The van der Waals surface area contributed by atoms with Crippen LogP contribution in [0.25, 0.3) is 0 Å². The van der Waals surface area contributed by atoms with Crippen molar-refractivity contribution in [1.82, 2.24) is 46.6 Å². The third kappa shape index (κ3) is 113. The van der Waals surface area contributed by atoms with Crippen LogP contribution in [-0.4, -0.2) is 173 Å². The van der Waals surface area contributed by atoms with E-state index in [-0.39, 0.29) is 30.8 Å². The molecule has 14 heteroatoms. The molecule has 0 saturated carbocycles. The summed E-state index contributed by atoms with van der Waals surface area (Å²) in [6.45, 7) is 29.3. The van der Waals surface area contributed by atoms with E-state index in [4.69, 9.17) is 0 Å². The van der Waals surface area contributed by atoms with E-state index in [0.717, 1.165) is 110 Å². The van der Waals surface area contributed by atoms with E-state index in [2.05, 4.69) is 90.2 Å². The lowest BCUT2D eigenvalue weighted by Gasteiger charge is -2.29. The molecule has 3 amide bonds. The quantitative estimate of drug-likeness (QED) is 0.0272. The number of aliphatic hydroxyl groups is 2. The second-order valence-corrected chi connectivity index (χ2v) is 41.5. The summed E-state index contributed by atoms with van der Waals surface area (Å²) >= 11 is 0. The van der Waals surface area contributed by atoms with Gasteiger partial charge >= 0.3 is 0 Å². The third-order valence-corrected chi connectivity index (χ3v) is 27.8. The Morgan fingerprint density at radius 1 is 0.183 bits per heavy atom. The van der Waals surface area contributed by atoms with Crippen LogP contribution in [0.4, 0.5) is 0 Å². The molecule has 0 rings (SSSR count). The fourth-order valence-electron chi connectivity index (χ4n) is 19.1. The Kier molecular flexibility index (Phi) is 117. The van der Waals surface area contributed by atoms with Gasteiger partial charge in [0.25, 0.3) is 0 Å². The molecule has 0 aliphatic carbocycles. The smallest absolute Gasteiger partial charge is 0.234 e. The highest BCUT2D eigenvalue weighted by Gasteiger charge is 2.21. The van der Waals surface area contributed by atoms with Gasteiger partial charge in [0, 0.05) is 45.8 Å². The fourth-order valence-corrected chi connectivity index (χ4v) is 19.1. The molecule has 0 aromatic carbocycles. The first kappa shape index (κ1) is 131. The SMILES string of the molecule is CCCCCCCCCCCCCCCN(CCCCNCCCCCCCCCCCCCC)CC(O)CNCC(=O)NCCCCCCCCCCCC.CCCCCCCCCCCCCCNCCCCN(CCCCCCCCCCCCCC)CC(O)CN(CC(=O)NCCCCCCCCCCCCCC)CC(=O)NCCCCCCCCCCCCCC. The summed E-state index contributed by atoms with van der Waals surface area (Å²) in [6, 6.07) is 0. The van der Waals surface area contributed by atoms with E-state index < -0.39 is 12.2 Å². The number of hydrogen-bond donors (Lipinski definition) is 8. The zero-order valence-electron chi connectivity index (χ0n) is 90.4. The number of amides is 3. The zero-order chi connectivity index (χ0) is 95.1. The monoisotopic (exact) mass is 1850 g/mol. The molecule has 0 aromatic rings. The molecular weight excluding hydrogens is 1610 g/mol. The number of aliphatic hydroxyl groups excluding tert-OH is 2. The largest absolute Gasteiger partial charge is 0.390 e. The molecule has 0 saturated heterocycles. The summed E-state index contributed by atoms with van der Waals surface area (Å²) in [5.41, 5.74) is 0. The van der Waals surface area contributed by atoms with Gasteiger partial charge in [-0.25, -0.2) is 0 Å². The van der Waals surface area contributed by atoms with Crippen molar-refractivity contribution in [2.45, 2.75) is 619 Å². The number of carbonyl (C=O) groups excluding carboxylic acids is 3. The maximum absolute atomic E-state index is 13.4. The lowest BCUT2D eigenvalue weighted by atomic mass is 10.0. The van der Waals surface area contributed by atoms with Gasteiger partial charge in [-0.2, -0.15) is 0 Å². The Morgan fingerprint density at radius 2 is 0.344 bits per heavy atom. The molecule has 14 nitrogen and oxygen atoms in total. The molecule has 0 fully saturated rings. The topological polar surface area (TPSA) is 174 Å². The van der Waals surface area contributed by atoms with Crippen LogP contribution >= 0.6 is 0 Å². The third-order valence-electron chi connectivity index (χ3n) is 27.8. The van der Waals surface area contributed by atoms with Crippen molar-refractivity contribution in [2.75, 3.05) is 118 Å². The zero-order valence-corrected chi connectivity index (χ0v) is 90.4. The first-order valence-corrected chi connectivity index (χ1v) is 60.1. The van der Waals surface area contributed by atoms with Crippen LogP contribution in [-0.2, 0) is 14.4 Å². The minimum absolute atomic E-state index is 0.0385. The van der Waals surface area contributed by atoms with Crippen molar-refractivity contribution in [3.05, 3.63) is 0 Å². The summed E-state index contributed by atoms with van der Waals surface area (Å²) in [6.07, 6.45) is 115. The van der Waals surface area contributed by atoms with Gasteiger partial charge in [-0.1, -0.05) is 536 Å². The van der Waals surface area contributed by atoms with Crippen LogP contribution in [0.2, 0.25) is 0 Å². The van der Waals surface area contributed by atoms with E-state index in [9.17, 15) is 24.6 Å². The molecule has 2 unspecified atom stereocenters. The van der Waals surface area contributed by atoms with Gasteiger partial charge in [0.1, 0.15) is 0 Å². The van der Waals surface area contributed by atoms with Crippen LogP contribution in [0, 0.1) is 0 Å². The normalized spacial score (nSPS) is 12.2. The molecule has 2 atom stereocenters. The van der Waals surface area contributed by atoms with Crippen LogP contribution in [0.5, 0.6) is 0 Å². The summed E-state index contributed by atoms with van der Waals surface area (Å²) in [7, 11) is 0. The Hall–Kier alpha value is -1.91. The van der Waals surface area contributed by atoms with Gasteiger partial charge in [0.05, 0.1) is 31.8 Å². The average Bonchev–Trinajstić information content (AvgIpc) is 0.913. The highest BCUT2D eigenvalue weighted by atomic mass is 16.3. The average molecular weight is 1850 g/mol. The minimum Gasteiger partial charge on any atom is -0.390 e. The number of unbranched alkanes of at least 4 members (excludes halogenated alkanes) is 78. The molecule has 0 aromatic heterocycles. The second-order valence-electron chi connectivity index (χ2n) is 41.5. The first-order valence-electron chi connectivity index (χ1n) is 60.1. The van der Waals surface area contributed by atoms with E-state index in [0.29, 0.717) is 45.8 Å². The van der Waals surface area contributed by atoms with Gasteiger partial charge in [-0.15, -0.1) is 0 Å². The Morgan fingerprint density at radius 3 is 0.565 bits per heavy atom. The van der Waals surface area contributed by atoms with Gasteiger partial charge in [0.2, 0.25) is 17.7 Å². The van der Waals surface area contributed by atoms with Crippen molar-refractivity contribution in [2.24, 2.45) is 0 Å². The lowest BCUT2D eigenvalue weighted by molar-refractivity contribution is -0.126. The van der Waals surface area contributed by atoms with Crippen molar-refractivity contribution in [3.8, 4) is 0 Å². The summed E-state index contributed by atoms with van der Waals surface area (Å²) in [5.74, 6) is -0.0280. The second kappa shape index (κ2) is 117. The standard InChI is InChI=1S/C67H137N5O3.C50H104N4O2/c1-5-9-13-17-21-25-29-33-37-41-45-49-55-68-56-52-54-60-71(59-53-48-44-40-36-32-28-24-20-16-12-8-4)61-65(73)62-72(63-66(74)69-57-50-46-42-38-34-30-26-22-18-14-10-6-2)64-67(75)70-58-51-47-43-39-35-31-27-23-19-15-11-7-3;1-4-7-10-13-16-19-22-24-26-29-32-35-39-44-54(45-40-38-42-51-41-36-33-30-27-25-23-20-17-14-11-8-5-2)48-49(55)46-52-47-50(56)53-43-37-34-31-28-21-18-15-12-9-6-3/h65,68,73H,5-64H2,1-4H3,(H,69,74)(H,70,75);49,51-52,55H,4-48H2,1-3H3,(H,53,56). The van der Waals surface area contributed by atoms with Crippen LogP contribution in [0.3, 0.4) is 0 Å². The number of hydrogen-bond acceptors (Lipinski definition) is 11. The fraction of sp³-hybridized carbons (Fsp3) is 0.974. The summed E-state index contributed by atoms with van der Waals surface area (Å²) in [5, 5.41) is 42.6. The Balaban J connectivity index is 0. The molecule has 8 N–H and O–H groups in total.